The highest BCUT2D eigenvalue weighted by atomic mass is 79.9. The van der Waals surface area contributed by atoms with E-state index in [1.54, 1.807) is 17.1 Å². The van der Waals surface area contributed by atoms with Gasteiger partial charge in [-0.25, -0.2) is 9.37 Å². The molecule has 6 heteroatoms. The lowest BCUT2D eigenvalue weighted by atomic mass is 10.0. The van der Waals surface area contributed by atoms with Crippen LogP contribution in [0.1, 0.15) is 32.0 Å². The Hall–Kier alpha value is -0.910. The van der Waals surface area contributed by atoms with Gasteiger partial charge in [-0.05, 0) is 40.4 Å². The Morgan fingerprint density at radius 3 is 2.75 bits per heavy atom. The fourth-order valence-electron chi connectivity index (χ4n) is 2.16. The third kappa shape index (κ3) is 3.22. The first-order valence-electron chi connectivity index (χ1n) is 6.33. The quantitative estimate of drug-likeness (QED) is 0.874. The third-order valence-corrected chi connectivity index (χ3v) is 3.89. The van der Waals surface area contributed by atoms with Gasteiger partial charge in [-0.15, -0.1) is 0 Å². The smallest absolute Gasteiger partial charge is 0.125 e. The van der Waals surface area contributed by atoms with Crippen LogP contribution in [0.25, 0.3) is 5.69 Å². The number of aromatic nitrogens is 2. The highest BCUT2D eigenvalue weighted by molar-refractivity contribution is 9.10. The number of rotatable bonds is 4. The van der Waals surface area contributed by atoms with Gasteiger partial charge in [0.25, 0.3) is 0 Å². The molecule has 0 radical (unpaired) electrons. The average molecular weight is 361 g/mol. The molecule has 2 aromatic rings. The van der Waals surface area contributed by atoms with Crippen molar-refractivity contribution in [3.8, 4) is 5.69 Å². The van der Waals surface area contributed by atoms with E-state index in [9.17, 15) is 4.39 Å². The summed E-state index contributed by atoms with van der Waals surface area (Å²) in [5, 5.41) is 0.313. The summed E-state index contributed by atoms with van der Waals surface area (Å²) >= 11 is 9.49. The fourth-order valence-corrected chi connectivity index (χ4v) is 3.19. The zero-order chi connectivity index (χ0) is 14.9. The molecule has 0 aliphatic heterocycles. The van der Waals surface area contributed by atoms with Gasteiger partial charge in [-0.3, -0.25) is 4.57 Å². The second-order valence-corrected chi connectivity index (χ2v) is 6.40. The van der Waals surface area contributed by atoms with Crippen molar-refractivity contribution in [3.05, 3.63) is 45.7 Å². The summed E-state index contributed by atoms with van der Waals surface area (Å²) in [5.74, 6) is 0.0826. The predicted molar refractivity (Wildman–Crippen MR) is 82.6 cm³/mol. The maximum Gasteiger partial charge on any atom is 0.125 e. The number of benzene rings is 1. The number of nitrogens with two attached hydrogens (primary N) is 1. The van der Waals surface area contributed by atoms with Crippen LogP contribution in [-0.4, -0.2) is 9.55 Å². The molecule has 3 nitrogen and oxygen atoms in total. The van der Waals surface area contributed by atoms with Gasteiger partial charge in [0.15, 0.2) is 0 Å². The molecule has 1 atom stereocenters. The molecule has 108 valence electrons. The summed E-state index contributed by atoms with van der Waals surface area (Å²) in [6.07, 6.45) is 4.20. The number of hydrogen-bond acceptors (Lipinski definition) is 2. The first-order chi connectivity index (χ1) is 9.40. The van der Waals surface area contributed by atoms with E-state index in [4.69, 9.17) is 17.3 Å². The van der Waals surface area contributed by atoms with Gasteiger partial charge < -0.3 is 5.73 Å². The Morgan fingerprint density at radius 1 is 1.45 bits per heavy atom. The first kappa shape index (κ1) is 15.5. The van der Waals surface area contributed by atoms with Crippen LogP contribution in [0.2, 0.25) is 5.02 Å². The van der Waals surface area contributed by atoms with E-state index < -0.39 is 5.82 Å². The Kier molecular flexibility index (Phi) is 4.83. The average Bonchev–Trinajstić information content (AvgIpc) is 2.75. The van der Waals surface area contributed by atoms with Crippen molar-refractivity contribution in [1.29, 1.82) is 0 Å². The minimum absolute atomic E-state index is 0.148. The monoisotopic (exact) mass is 359 g/mol. The molecule has 0 amide bonds. The van der Waals surface area contributed by atoms with Crippen LogP contribution < -0.4 is 5.73 Å². The molecule has 1 unspecified atom stereocenters. The summed E-state index contributed by atoms with van der Waals surface area (Å²) in [6.45, 7) is 4.22. The second kappa shape index (κ2) is 6.24. The Bertz CT molecular complexity index is 589. The van der Waals surface area contributed by atoms with Gasteiger partial charge in [-0.2, -0.15) is 0 Å². The zero-order valence-corrected chi connectivity index (χ0v) is 13.6. The third-order valence-electron chi connectivity index (χ3n) is 2.99. The molecule has 0 fully saturated rings. The zero-order valence-electron chi connectivity index (χ0n) is 11.3. The van der Waals surface area contributed by atoms with Crippen molar-refractivity contribution in [1.82, 2.24) is 9.55 Å². The van der Waals surface area contributed by atoms with Gasteiger partial charge in [0.05, 0.1) is 28.9 Å². The highest BCUT2D eigenvalue weighted by Gasteiger charge is 2.18. The molecule has 1 heterocycles. The van der Waals surface area contributed by atoms with Crippen LogP contribution in [0.4, 0.5) is 4.39 Å². The fraction of sp³-hybridized carbons (Fsp3) is 0.357. The largest absolute Gasteiger partial charge is 0.323 e. The minimum Gasteiger partial charge on any atom is -0.323 e. The van der Waals surface area contributed by atoms with Crippen LogP contribution in [0.15, 0.2) is 29.1 Å². The highest BCUT2D eigenvalue weighted by Crippen LogP contribution is 2.32. The van der Waals surface area contributed by atoms with Gasteiger partial charge in [0.1, 0.15) is 5.82 Å². The number of halogens is 3. The molecule has 20 heavy (non-hydrogen) atoms. The summed E-state index contributed by atoms with van der Waals surface area (Å²) in [6, 6.07) is 2.50. The number of hydrogen-bond donors (Lipinski definition) is 1. The Morgan fingerprint density at radius 2 is 2.15 bits per heavy atom. The molecular formula is C14H16BrClFN3. The lowest BCUT2D eigenvalue weighted by molar-refractivity contribution is 0.498. The predicted octanol–water partition coefficient (Wildman–Crippen LogP) is 4.47. The lowest BCUT2D eigenvalue weighted by Crippen LogP contribution is -2.17. The molecule has 0 saturated heterocycles. The van der Waals surface area contributed by atoms with Crippen LogP contribution in [0, 0.1) is 11.7 Å². The molecule has 0 aliphatic carbocycles. The molecular weight excluding hydrogens is 345 g/mol. The SMILES string of the molecule is CC(C)CC(N)c1cncn1-c1c(Cl)cc(F)cc1Br. The van der Waals surface area contributed by atoms with E-state index in [-0.39, 0.29) is 6.04 Å². The molecule has 2 N–H and O–H groups in total. The van der Waals surface area contributed by atoms with Crippen LogP contribution >= 0.6 is 27.5 Å². The molecule has 0 aliphatic rings. The van der Waals surface area contributed by atoms with Gasteiger partial charge >= 0.3 is 0 Å². The molecule has 0 bridgehead atoms. The first-order valence-corrected chi connectivity index (χ1v) is 7.50. The summed E-state index contributed by atoms with van der Waals surface area (Å²) in [5.41, 5.74) is 7.72. The van der Waals surface area contributed by atoms with Gasteiger partial charge in [0, 0.05) is 10.5 Å². The standard InChI is InChI=1S/C14H16BrClFN3/c1-8(2)3-12(18)13-6-19-7-20(13)14-10(15)4-9(17)5-11(14)16/h4-8,12H,3,18H2,1-2H3. The summed E-state index contributed by atoms with van der Waals surface area (Å²) in [7, 11) is 0. The van der Waals surface area contributed by atoms with Crippen LogP contribution in [0.3, 0.4) is 0 Å². The van der Waals surface area contributed by atoms with Crippen molar-refractivity contribution in [3.63, 3.8) is 0 Å². The van der Waals surface area contributed by atoms with E-state index in [0.717, 1.165) is 12.1 Å². The molecule has 0 spiro atoms. The second-order valence-electron chi connectivity index (χ2n) is 5.14. The molecule has 1 aromatic carbocycles. The lowest BCUT2D eigenvalue weighted by Gasteiger charge is -2.18. The molecule has 0 saturated carbocycles. The van der Waals surface area contributed by atoms with E-state index in [1.807, 2.05) is 0 Å². The van der Waals surface area contributed by atoms with Crippen molar-refractivity contribution in [2.24, 2.45) is 11.7 Å². The van der Waals surface area contributed by atoms with Crippen molar-refractivity contribution >= 4 is 27.5 Å². The minimum atomic E-state index is -0.390. The van der Waals surface area contributed by atoms with Crippen molar-refractivity contribution in [2.75, 3.05) is 0 Å². The van der Waals surface area contributed by atoms with Crippen molar-refractivity contribution in [2.45, 2.75) is 26.3 Å². The van der Waals surface area contributed by atoms with E-state index in [1.165, 1.54) is 12.1 Å². The molecule has 2 rings (SSSR count). The Balaban J connectivity index is 2.47. The van der Waals surface area contributed by atoms with Crippen LogP contribution in [-0.2, 0) is 0 Å². The Labute approximate surface area is 131 Å². The topological polar surface area (TPSA) is 43.8 Å². The maximum absolute atomic E-state index is 13.3. The van der Waals surface area contributed by atoms with Gasteiger partial charge in [0.2, 0.25) is 0 Å². The van der Waals surface area contributed by atoms with Gasteiger partial charge in [-0.1, -0.05) is 25.4 Å². The molecule has 1 aromatic heterocycles. The van der Waals surface area contributed by atoms with E-state index >= 15 is 0 Å². The van der Waals surface area contributed by atoms with Crippen LogP contribution in [0.5, 0.6) is 0 Å². The number of imidazole rings is 1. The van der Waals surface area contributed by atoms with E-state index in [0.29, 0.717) is 21.1 Å². The maximum atomic E-state index is 13.3. The summed E-state index contributed by atoms with van der Waals surface area (Å²) in [4.78, 5) is 4.14. The van der Waals surface area contributed by atoms with Crippen molar-refractivity contribution < 1.29 is 4.39 Å². The van der Waals surface area contributed by atoms with E-state index in [2.05, 4.69) is 34.8 Å². The summed E-state index contributed by atoms with van der Waals surface area (Å²) < 4.78 is 15.7. The normalized spacial score (nSPS) is 12.9. The number of nitrogens with zero attached hydrogens (tertiary/aromatic N) is 2.